The van der Waals surface area contributed by atoms with E-state index in [1.54, 1.807) is 36.4 Å². The number of ether oxygens (including phenoxy) is 2. The molecule has 5 rings (SSSR count). The molecule has 3 aromatic rings. The maximum Gasteiger partial charge on any atom is 0.270 e. The molecule has 2 aliphatic heterocycles. The van der Waals surface area contributed by atoms with Crippen LogP contribution < -0.4 is 10.1 Å². The van der Waals surface area contributed by atoms with Gasteiger partial charge in [-0.05, 0) is 49.2 Å². The predicted octanol–water partition coefficient (Wildman–Crippen LogP) is 4.41. The molecule has 1 unspecified atom stereocenters. The van der Waals surface area contributed by atoms with Crippen molar-refractivity contribution in [2.75, 3.05) is 18.5 Å². The Balaban J connectivity index is 1.29. The van der Waals surface area contributed by atoms with Crippen LogP contribution in [0.25, 0.3) is 0 Å². The molecule has 0 spiro atoms. The maximum absolute atomic E-state index is 12.9. The lowest BCUT2D eigenvalue weighted by Gasteiger charge is -2.17. The first-order chi connectivity index (χ1) is 17.4. The molecule has 1 saturated heterocycles. The second-order valence-electron chi connectivity index (χ2n) is 8.45. The van der Waals surface area contributed by atoms with Crippen LogP contribution in [0.3, 0.4) is 0 Å². The largest absolute Gasteiger partial charge is 0.457 e. The Kier molecular flexibility index (Phi) is 6.17. The van der Waals surface area contributed by atoms with Gasteiger partial charge in [-0.25, -0.2) is 0 Å². The number of fused-ring (bicyclic) bond motifs is 1. The van der Waals surface area contributed by atoms with Crippen molar-refractivity contribution in [2.24, 2.45) is 0 Å². The summed E-state index contributed by atoms with van der Waals surface area (Å²) in [7, 11) is 0. The third kappa shape index (κ3) is 4.66. The second-order valence-corrected chi connectivity index (χ2v) is 8.45. The first-order valence-electron chi connectivity index (χ1n) is 11.3. The molecule has 0 saturated carbocycles. The van der Waals surface area contributed by atoms with Crippen molar-refractivity contribution >= 4 is 29.1 Å². The van der Waals surface area contributed by atoms with Crippen molar-refractivity contribution in [1.29, 1.82) is 0 Å². The van der Waals surface area contributed by atoms with Crippen LogP contribution >= 0.6 is 0 Å². The molecule has 0 radical (unpaired) electrons. The summed E-state index contributed by atoms with van der Waals surface area (Å²) < 4.78 is 11.5. The molecule has 182 valence electrons. The Morgan fingerprint density at radius 1 is 1.03 bits per heavy atom. The van der Waals surface area contributed by atoms with Gasteiger partial charge in [0.25, 0.3) is 23.4 Å². The van der Waals surface area contributed by atoms with E-state index in [2.05, 4.69) is 5.32 Å². The van der Waals surface area contributed by atoms with E-state index in [0.29, 0.717) is 29.4 Å². The average molecular weight is 487 g/mol. The average Bonchev–Trinajstić information content (AvgIpc) is 3.47. The van der Waals surface area contributed by atoms with Gasteiger partial charge in [-0.3, -0.25) is 29.4 Å². The van der Waals surface area contributed by atoms with Crippen LogP contribution in [0.1, 0.15) is 43.9 Å². The lowest BCUT2D eigenvalue weighted by Crippen LogP contribution is -2.36. The van der Waals surface area contributed by atoms with E-state index in [1.165, 1.54) is 35.2 Å². The smallest absolute Gasteiger partial charge is 0.270 e. The number of anilines is 1. The molecule has 0 aromatic heterocycles. The third-order valence-corrected chi connectivity index (χ3v) is 6.00. The van der Waals surface area contributed by atoms with Crippen molar-refractivity contribution in [2.45, 2.75) is 18.9 Å². The zero-order chi connectivity index (χ0) is 25.2. The lowest BCUT2D eigenvalue weighted by atomic mass is 10.1. The lowest BCUT2D eigenvalue weighted by molar-refractivity contribution is -0.384. The number of imide groups is 1. The molecule has 1 fully saturated rings. The van der Waals surface area contributed by atoms with Gasteiger partial charge in [-0.15, -0.1) is 0 Å². The summed E-state index contributed by atoms with van der Waals surface area (Å²) >= 11 is 0. The summed E-state index contributed by atoms with van der Waals surface area (Å²) in [4.78, 5) is 49.8. The van der Waals surface area contributed by atoms with Gasteiger partial charge in [-0.1, -0.05) is 12.1 Å². The van der Waals surface area contributed by atoms with Crippen LogP contribution in [0.2, 0.25) is 0 Å². The zero-order valence-corrected chi connectivity index (χ0v) is 19.0. The van der Waals surface area contributed by atoms with Gasteiger partial charge >= 0.3 is 0 Å². The number of carbonyl (C=O) groups is 3. The molecule has 36 heavy (non-hydrogen) atoms. The highest BCUT2D eigenvalue weighted by Gasteiger charge is 2.37. The minimum absolute atomic E-state index is 0.136. The number of nitro groups is 1. The van der Waals surface area contributed by atoms with Crippen molar-refractivity contribution in [3.8, 4) is 11.5 Å². The second kappa shape index (κ2) is 9.59. The molecule has 1 atom stereocenters. The van der Waals surface area contributed by atoms with E-state index in [4.69, 9.17) is 9.47 Å². The molecule has 10 heteroatoms. The number of nitro benzene ring substituents is 1. The molecule has 0 aliphatic carbocycles. The topological polar surface area (TPSA) is 128 Å². The van der Waals surface area contributed by atoms with Crippen molar-refractivity contribution < 1.29 is 28.8 Å². The van der Waals surface area contributed by atoms with Gasteiger partial charge in [0.15, 0.2) is 0 Å². The van der Waals surface area contributed by atoms with E-state index in [9.17, 15) is 24.5 Å². The number of hydrogen-bond acceptors (Lipinski definition) is 7. The minimum atomic E-state index is -0.568. The number of rotatable bonds is 7. The zero-order valence-electron chi connectivity index (χ0n) is 19.0. The third-order valence-electron chi connectivity index (χ3n) is 6.00. The minimum Gasteiger partial charge on any atom is -0.457 e. The van der Waals surface area contributed by atoms with Gasteiger partial charge < -0.3 is 14.8 Å². The Labute approximate surface area is 205 Å². The number of amides is 3. The van der Waals surface area contributed by atoms with Crippen molar-refractivity contribution in [3.05, 3.63) is 93.5 Å². The molecule has 0 bridgehead atoms. The van der Waals surface area contributed by atoms with Crippen LogP contribution in [0, 0.1) is 10.1 Å². The Morgan fingerprint density at radius 3 is 2.58 bits per heavy atom. The van der Waals surface area contributed by atoms with E-state index in [0.717, 1.165) is 12.8 Å². The molecular formula is C26H21N3O7. The fourth-order valence-electron chi connectivity index (χ4n) is 4.23. The molecule has 2 heterocycles. The SMILES string of the molecule is O=C(Nc1cccc(Oc2ccc3c(c2)C(=O)N(CC2CCCO2)C3=O)c1)c1cccc([N+](=O)[O-])c1. The van der Waals surface area contributed by atoms with Crippen LogP contribution in [-0.4, -0.2) is 46.8 Å². The Morgan fingerprint density at radius 2 is 1.81 bits per heavy atom. The van der Waals surface area contributed by atoms with Gasteiger partial charge in [0.1, 0.15) is 11.5 Å². The Bertz CT molecular complexity index is 1380. The number of nitrogens with zero attached hydrogens (tertiary/aromatic N) is 2. The number of nitrogens with one attached hydrogen (secondary N) is 1. The quantitative estimate of drug-likeness (QED) is 0.297. The van der Waals surface area contributed by atoms with E-state index >= 15 is 0 Å². The molecule has 1 N–H and O–H groups in total. The number of hydrogen-bond donors (Lipinski definition) is 1. The molecular weight excluding hydrogens is 466 g/mol. The first-order valence-corrected chi connectivity index (χ1v) is 11.3. The summed E-state index contributed by atoms with van der Waals surface area (Å²) in [6.07, 6.45) is 1.59. The van der Waals surface area contributed by atoms with Crippen LogP contribution in [-0.2, 0) is 4.74 Å². The number of benzene rings is 3. The Hall–Kier alpha value is -4.57. The van der Waals surface area contributed by atoms with Crippen molar-refractivity contribution in [3.63, 3.8) is 0 Å². The molecule has 2 aliphatic rings. The van der Waals surface area contributed by atoms with Crippen LogP contribution in [0.15, 0.2) is 66.7 Å². The molecule has 3 aromatic carbocycles. The van der Waals surface area contributed by atoms with Gasteiger partial charge in [-0.2, -0.15) is 0 Å². The summed E-state index contributed by atoms with van der Waals surface area (Å²) in [6, 6.07) is 16.7. The summed E-state index contributed by atoms with van der Waals surface area (Å²) in [5.74, 6) is -0.489. The van der Waals surface area contributed by atoms with Gasteiger partial charge in [0.05, 0.1) is 28.7 Å². The highest BCUT2D eigenvalue weighted by atomic mass is 16.6. The van der Waals surface area contributed by atoms with Gasteiger partial charge in [0, 0.05) is 36.1 Å². The van der Waals surface area contributed by atoms with Crippen LogP contribution in [0.4, 0.5) is 11.4 Å². The summed E-state index contributed by atoms with van der Waals surface area (Å²) in [6.45, 7) is 0.867. The van der Waals surface area contributed by atoms with Gasteiger partial charge in [0.2, 0.25) is 0 Å². The standard InChI is InChI=1S/C26H21N3O7/c30-24(16-4-1-6-18(12-16)29(33)34)27-17-5-2-7-19(13-17)36-20-9-10-22-23(14-20)26(32)28(25(22)31)15-21-8-3-11-35-21/h1-2,4-7,9-10,12-14,21H,3,8,11,15H2,(H,27,30). The maximum atomic E-state index is 12.9. The normalized spacial score (nSPS) is 16.7. The molecule has 10 nitrogen and oxygen atoms in total. The molecule has 3 amide bonds. The number of non-ortho nitro benzene ring substituents is 1. The van der Waals surface area contributed by atoms with Crippen molar-refractivity contribution in [1.82, 2.24) is 4.90 Å². The fraction of sp³-hybridized carbons (Fsp3) is 0.192. The van der Waals surface area contributed by atoms with Crippen LogP contribution in [0.5, 0.6) is 11.5 Å². The van der Waals surface area contributed by atoms with E-state index in [1.807, 2.05) is 0 Å². The first kappa shape index (κ1) is 23.2. The summed E-state index contributed by atoms with van der Waals surface area (Å²) in [5, 5.41) is 13.7. The predicted molar refractivity (Wildman–Crippen MR) is 128 cm³/mol. The van der Waals surface area contributed by atoms with E-state index < -0.39 is 10.8 Å². The fourth-order valence-corrected chi connectivity index (χ4v) is 4.23. The highest BCUT2D eigenvalue weighted by Crippen LogP contribution is 2.31. The highest BCUT2D eigenvalue weighted by molar-refractivity contribution is 6.21. The monoisotopic (exact) mass is 487 g/mol. The van der Waals surface area contributed by atoms with E-state index in [-0.39, 0.29) is 41.3 Å². The summed E-state index contributed by atoms with van der Waals surface area (Å²) in [5.41, 5.74) is 0.969. The number of carbonyl (C=O) groups excluding carboxylic acids is 3.